The summed E-state index contributed by atoms with van der Waals surface area (Å²) in [5, 5.41) is 10.0. The first-order chi connectivity index (χ1) is 10.0. The normalized spacial score (nSPS) is 10.5. The van der Waals surface area contributed by atoms with Gasteiger partial charge in [-0.1, -0.05) is 0 Å². The maximum absolute atomic E-state index is 11.4. The van der Waals surface area contributed by atoms with Crippen LogP contribution in [0.2, 0.25) is 0 Å². The van der Waals surface area contributed by atoms with Crippen LogP contribution >= 0.6 is 11.3 Å². The van der Waals surface area contributed by atoms with Crippen molar-refractivity contribution in [1.82, 2.24) is 20.2 Å². The Labute approximate surface area is 127 Å². The van der Waals surface area contributed by atoms with Gasteiger partial charge >= 0.3 is 6.03 Å². The number of nitrogens with one attached hydrogen (secondary N) is 3. The van der Waals surface area contributed by atoms with Crippen LogP contribution in [-0.4, -0.2) is 55.1 Å². The third-order valence-electron chi connectivity index (χ3n) is 2.84. The molecule has 0 bridgehead atoms. The number of aromatic nitrogens is 2. The van der Waals surface area contributed by atoms with Crippen molar-refractivity contribution in [2.75, 3.05) is 44.9 Å². The van der Waals surface area contributed by atoms with Crippen LogP contribution in [0.4, 0.5) is 16.6 Å². The van der Waals surface area contributed by atoms with Gasteiger partial charge in [0, 0.05) is 39.1 Å². The molecule has 2 heterocycles. The lowest BCUT2D eigenvalue weighted by Gasteiger charge is -2.13. The van der Waals surface area contributed by atoms with Gasteiger partial charge < -0.3 is 20.9 Å². The number of carbonyl (C=O) groups excluding carboxylic acids is 1. The summed E-state index contributed by atoms with van der Waals surface area (Å²) >= 11 is 1.64. The zero-order valence-corrected chi connectivity index (χ0v) is 13.5. The maximum Gasteiger partial charge on any atom is 0.316 e. The number of carbonyl (C=O) groups is 1. The summed E-state index contributed by atoms with van der Waals surface area (Å²) in [7, 11) is 5.22. The van der Waals surface area contributed by atoms with E-state index in [0.29, 0.717) is 19.0 Å². The fourth-order valence-electron chi connectivity index (χ4n) is 1.80. The second-order valence-corrected chi connectivity index (χ2v) is 6.01. The molecule has 3 N–H and O–H groups in total. The molecule has 0 saturated carbocycles. The molecule has 2 aromatic rings. The van der Waals surface area contributed by atoms with Crippen LogP contribution in [-0.2, 0) is 0 Å². The standard InChI is InChI=1S/C13H20N6OS/c1-8-7-9-10(15-5-6-16-13(20)19(3)4)17-12(14-2)18-11(9)21-8/h7H,5-6H2,1-4H3,(H,16,20)(H2,14,15,17,18). The predicted molar refractivity (Wildman–Crippen MR) is 87.3 cm³/mol. The zero-order chi connectivity index (χ0) is 15.4. The molecule has 0 aliphatic rings. The molecule has 2 amide bonds. The average molecular weight is 308 g/mol. The van der Waals surface area contributed by atoms with Gasteiger partial charge in [0.15, 0.2) is 0 Å². The summed E-state index contributed by atoms with van der Waals surface area (Å²) in [5.74, 6) is 1.37. The highest BCUT2D eigenvalue weighted by Crippen LogP contribution is 2.29. The lowest BCUT2D eigenvalue weighted by atomic mass is 10.3. The molecule has 114 valence electrons. The Hall–Kier alpha value is -2.09. The summed E-state index contributed by atoms with van der Waals surface area (Å²) < 4.78 is 0. The second-order valence-electron chi connectivity index (χ2n) is 4.77. The molecule has 2 aromatic heterocycles. The van der Waals surface area contributed by atoms with E-state index in [4.69, 9.17) is 0 Å². The van der Waals surface area contributed by atoms with Gasteiger partial charge in [0.1, 0.15) is 10.6 Å². The van der Waals surface area contributed by atoms with Crippen LogP contribution in [0, 0.1) is 6.92 Å². The molecule has 0 aliphatic carbocycles. The first-order valence-electron chi connectivity index (χ1n) is 6.66. The number of hydrogen-bond acceptors (Lipinski definition) is 6. The molecule has 21 heavy (non-hydrogen) atoms. The first-order valence-corrected chi connectivity index (χ1v) is 7.48. The third-order valence-corrected chi connectivity index (χ3v) is 3.78. The van der Waals surface area contributed by atoms with Gasteiger partial charge in [-0.3, -0.25) is 0 Å². The molecule has 0 unspecified atom stereocenters. The van der Waals surface area contributed by atoms with E-state index in [0.717, 1.165) is 16.0 Å². The van der Waals surface area contributed by atoms with Crippen molar-refractivity contribution in [3.05, 3.63) is 10.9 Å². The minimum Gasteiger partial charge on any atom is -0.368 e. The smallest absolute Gasteiger partial charge is 0.316 e. The first kappa shape index (κ1) is 15.3. The van der Waals surface area contributed by atoms with E-state index < -0.39 is 0 Å². The van der Waals surface area contributed by atoms with Crippen molar-refractivity contribution >= 4 is 39.4 Å². The average Bonchev–Trinajstić information content (AvgIpc) is 2.82. The number of rotatable bonds is 5. The van der Waals surface area contributed by atoms with Crippen LogP contribution in [0.1, 0.15) is 4.88 Å². The highest BCUT2D eigenvalue weighted by Gasteiger charge is 2.10. The summed E-state index contributed by atoms with van der Waals surface area (Å²) in [6, 6.07) is 1.96. The maximum atomic E-state index is 11.4. The molecular formula is C13H20N6OS. The number of hydrogen-bond donors (Lipinski definition) is 3. The van der Waals surface area contributed by atoms with Crippen LogP contribution in [0.5, 0.6) is 0 Å². The summed E-state index contributed by atoms with van der Waals surface area (Å²) in [6.07, 6.45) is 0. The Morgan fingerprint density at radius 3 is 2.76 bits per heavy atom. The van der Waals surface area contributed by atoms with E-state index in [2.05, 4.69) is 32.0 Å². The van der Waals surface area contributed by atoms with E-state index >= 15 is 0 Å². The van der Waals surface area contributed by atoms with E-state index in [1.807, 2.05) is 6.92 Å². The zero-order valence-electron chi connectivity index (χ0n) is 12.6. The van der Waals surface area contributed by atoms with Crippen LogP contribution in [0.15, 0.2) is 6.07 Å². The molecular weight excluding hydrogens is 288 g/mol. The summed E-state index contributed by atoms with van der Waals surface area (Å²) in [6.45, 7) is 3.18. The van der Waals surface area contributed by atoms with Crippen molar-refractivity contribution < 1.29 is 4.79 Å². The number of fused-ring (bicyclic) bond motifs is 1. The Morgan fingerprint density at radius 2 is 2.10 bits per heavy atom. The van der Waals surface area contributed by atoms with Gasteiger partial charge in [-0.25, -0.2) is 9.78 Å². The minimum atomic E-state index is -0.105. The van der Waals surface area contributed by atoms with Crippen molar-refractivity contribution in [2.45, 2.75) is 6.92 Å². The van der Waals surface area contributed by atoms with Crippen LogP contribution < -0.4 is 16.0 Å². The quantitative estimate of drug-likeness (QED) is 0.733. The summed E-state index contributed by atoms with van der Waals surface area (Å²) in [5.41, 5.74) is 0. The molecule has 0 radical (unpaired) electrons. The monoisotopic (exact) mass is 308 g/mol. The largest absolute Gasteiger partial charge is 0.368 e. The van der Waals surface area contributed by atoms with Crippen LogP contribution in [0.25, 0.3) is 10.2 Å². The fourth-order valence-corrected chi connectivity index (χ4v) is 2.68. The predicted octanol–water partition coefficient (Wildman–Crippen LogP) is 1.72. The molecule has 0 saturated heterocycles. The van der Waals surface area contributed by atoms with Crippen molar-refractivity contribution in [3.63, 3.8) is 0 Å². The SMILES string of the molecule is CNc1nc(NCCNC(=O)N(C)C)c2cc(C)sc2n1. The second kappa shape index (κ2) is 6.57. The van der Waals surface area contributed by atoms with E-state index in [-0.39, 0.29) is 6.03 Å². The van der Waals surface area contributed by atoms with Crippen molar-refractivity contribution in [1.29, 1.82) is 0 Å². The van der Waals surface area contributed by atoms with Gasteiger partial charge in [-0.2, -0.15) is 4.98 Å². The Morgan fingerprint density at radius 1 is 1.33 bits per heavy atom. The number of thiophene rings is 1. The van der Waals surface area contributed by atoms with Crippen LogP contribution in [0.3, 0.4) is 0 Å². The molecule has 8 heteroatoms. The molecule has 0 aromatic carbocycles. The number of aryl methyl sites for hydroxylation is 1. The Balaban J connectivity index is 2.05. The van der Waals surface area contributed by atoms with Crippen molar-refractivity contribution in [2.24, 2.45) is 0 Å². The third kappa shape index (κ3) is 3.72. The Bertz CT molecular complexity index is 639. The van der Waals surface area contributed by atoms with Gasteiger partial charge in [-0.05, 0) is 13.0 Å². The number of amides is 2. The molecule has 7 nitrogen and oxygen atoms in total. The van der Waals surface area contributed by atoms with E-state index in [1.54, 1.807) is 32.5 Å². The Kier molecular flexibility index (Phi) is 4.79. The topological polar surface area (TPSA) is 82.2 Å². The molecule has 0 aliphatic heterocycles. The van der Waals surface area contributed by atoms with Crippen molar-refractivity contribution in [3.8, 4) is 0 Å². The highest BCUT2D eigenvalue weighted by atomic mass is 32.1. The fraction of sp³-hybridized carbons (Fsp3) is 0.462. The van der Waals surface area contributed by atoms with E-state index in [1.165, 1.54) is 9.78 Å². The number of nitrogens with zero attached hydrogens (tertiary/aromatic N) is 3. The number of anilines is 2. The molecule has 0 atom stereocenters. The molecule has 0 spiro atoms. The lowest BCUT2D eigenvalue weighted by Crippen LogP contribution is -2.37. The summed E-state index contributed by atoms with van der Waals surface area (Å²) in [4.78, 5) is 23.9. The lowest BCUT2D eigenvalue weighted by molar-refractivity contribution is 0.218. The molecule has 0 fully saturated rings. The van der Waals surface area contributed by atoms with E-state index in [9.17, 15) is 4.79 Å². The van der Waals surface area contributed by atoms with Gasteiger partial charge in [0.25, 0.3) is 0 Å². The van der Waals surface area contributed by atoms with Gasteiger partial charge in [0.05, 0.1) is 5.39 Å². The molecule has 2 rings (SSSR count). The van der Waals surface area contributed by atoms with Gasteiger partial charge in [-0.15, -0.1) is 11.3 Å². The van der Waals surface area contributed by atoms with Gasteiger partial charge in [0.2, 0.25) is 5.95 Å². The highest BCUT2D eigenvalue weighted by molar-refractivity contribution is 7.18. The minimum absolute atomic E-state index is 0.105. The number of urea groups is 1.